The SMILES string of the molecule is CC(C(=O)Nc1cccc(N)c1)N(C)C. The highest BCUT2D eigenvalue weighted by atomic mass is 16.2. The van der Waals surface area contributed by atoms with Crippen LogP contribution in [0.25, 0.3) is 0 Å². The van der Waals surface area contributed by atoms with Crippen LogP contribution in [0.4, 0.5) is 11.4 Å². The van der Waals surface area contributed by atoms with Crippen molar-refractivity contribution in [2.45, 2.75) is 13.0 Å². The number of rotatable bonds is 3. The van der Waals surface area contributed by atoms with Gasteiger partial charge in [0.1, 0.15) is 0 Å². The van der Waals surface area contributed by atoms with Crippen LogP contribution in [-0.4, -0.2) is 30.9 Å². The van der Waals surface area contributed by atoms with Gasteiger partial charge in [0.15, 0.2) is 0 Å². The molecule has 0 spiro atoms. The van der Waals surface area contributed by atoms with Gasteiger partial charge in [0.05, 0.1) is 6.04 Å². The van der Waals surface area contributed by atoms with Crippen LogP contribution in [0.15, 0.2) is 24.3 Å². The molecule has 0 bridgehead atoms. The first kappa shape index (κ1) is 11.5. The summed E-state index contributed by atoms with van der Waals surface area (Å²) in [5, 5.41) is 2.80. The summed E-state index contributed by atoms with van der Waals surface area (Å²) in [6.45, 7) is 1.85. The molecule has 0 saturated heterocycles. The molecule has 3 N–H and O–H groups in total. The molecule has 0 aromatic heterocycles. The Balaban J connectivity index is 2.66. The number of hydrogen-bond donors (Lipinski definition) is 2. The van der Waals surface area contributed by atoms with Crippen molar-refractivity contribution >= 4 is 17.3 Å². The Labute approximate surface area is 90.1 Å². The van der Waals surface area contributed by atoms with E-state index < -0.39 is 0 Å². The lowest BCUT2D eigenvalue weighted by atomic mass is 10.2. The fourth-order valence-electron chi connectivity index (χ4n) is 1.10. The standard InChI is InChI=1S/C11H17N3O/c1-8(14(2)3)11(15)13-10-6-4-5-9(12)7-10/h4-8H,12H2,1-3H3,(H,13,15). The number of hydrogen-bond acceptors (Lipinski definition) is 3. The zero-order valence-corrected chi connectivity index (χ0v) is 9.32. The van der Waals surface area contributed by atoms with Gasteiger partial charge in [-0.15, -0.1) is 0 Å². The molecule has 0 aliphatic rings. The fourth-order valence-corrected chi connectivity index (χ4v) is 1.10. The lowest BCUT2D eigenvalue weighted by Crippen LogP contribution is -2.37. The van der Waals surface area contributed by atoms with Crippen molar-refractivity contribution in [3.63, 3.8) is 0 Å². The van der Waals surface area contributed by atoms with E-state index in [4.69, 9.17) is 5.73 Å². The minimum absolute atomic E-state index is 0.0365. The summed E-state index contributed by atoms with van der Waals surface area (Å²) in [5.74, 6) is -0.0365. The lowest BCUT2D eigenvalue weighted by Gasteiger charge is -2.18. The third kappa shape index (κ3) is 3.25. The highest BCUT2D eigenvalue weighted by Crippen LogP contribution is 2.12. The van der Waals surface area contributed by atoms with E-state index in [2.05, 4.69) is 5.32 Å². The highest BCUT2D eigenvalue weighted by molar-refractivity contribution is 5.94. The van der Waals surface area contributed by atoms with E-state index in [-0.39, 0.29) is 11.9 Å². The second-order valence-electron chi connectivity index (χ2n) is 3.75. The molecule has 1 atom stereocenters. The number of carbonyl (C=O) groups is 1. The number of nitrogens with zero attached hydrogens (tertiary/aromatic N) is 1. The maximum atomic E-state index is 11.7. The average Bonchev–Trinajstić information content (AvgIpc) is 2.16. The van der Waals surface area contributed by atoms with Crippen LogP contribution in [0, 0.1) is 0 Å². The number of nitrogens with two attached hydrogens (primary N) is 1. The van der Waals surface area contributed by atoms with E-state index in [0.29, 0.717) is 5.69 Å². The molecule has 4 heteroatoms. The predicted molar refractivity (Wildman–Crippen MR) is 62.6 cm³/mol. The first-order chi connectivity index (χ1) is 7.00. The second-order valence-corrected chi connectivity index (χ2v) is 3.75. The molecule has 0 saturated carbocycles. The van der Waals surface area contributed by atoms with Crippen LogP contribution >= 0.6 is 0 Å². The molecule has 4 nitrogen and oxygen atoms in total. The minimum Gasteiger partial charge on any atom is -0.399 e. The van der Waals surface area contributed by atoms with E-state index >= 15 is 0 Å². The summed E-state index contributed by atoms with van der Waals surface area (Å²) in [6.07, 6.45) is 0. The number of benzene rings is 1. The van der Waals surface area contributed by atoms with E-state index in [9.17, 15) is 4.79 Å². The van der Waals surface area contributed by atoms with E-state index in [1.807, 2.05) is 38.1 Å². The molecule has 0 heterocycles. The zero-order valence-electron chi connectivity index (χ0n) is 9.32. The highest BCUT2D eigenvalue weighted by Gasteiger charge is 2.14. The van der Waals surface area contributed by atoms with Gasteiger partial charge in [-0.3, -0.25) is 9.69 Å². The summed E-state index contributed by atoms with van der Waals surface area (Å²) < 4.78 is 0. The van der Waals surface area contributed by atoms with Crippen LogP contribution in [-0.2, 0) is 4.79 Å². The van der Waals surface area contributed by atoms with Crippen molar-refractivity contribution in [1.82, 2.24) is 4.90 Å². The Kier molecular flexibility index (Phi) is 3.68. The zero-order chi connectivity index (χ0) is 11.4. The molecule has 0 radical (unpaired) electrons. The molecule has 1 aromatic carbocycles. The van der Waals surface area contributed by atoms with Crippen molar-refractivity contribution < 1.29 is 4.79 Å². The number of anilines is 2. The largest absolute Gasteiger partial charge is 0.399 e. The van der Waals surface area contributed by atoms with Gasteiger partial charge in [0, 0.05) is 11.4 Å². The fraction of sp³-hybridized carbons (Fsp3) is 0.364. The second kappa shape index (κ2) is 4.79. The summed E-state index contributed by atoms with van der Waals surface area (Å²) >= 11 is 0. The van der Waals surface area contributed by atoms with Gasteiger partial charge in [0.2, 0.25) is 5.91 Å². The molecule has 15 heavy (non-hydrogen) atoms. The van der Waals surface area contributed by atoms with Crippen molar-refractivity contribution in [2.75, 3.05) is 25.1 Å². The van der Waals surface area contributed by atoms with Gasteiger partial charge in [-0.25, -0.2) is 0 Å². The quantitative estimate of drug-likeness (QED) is 0.731. The minimum atomic E-state index is -0.161. The molecule has 0 aliphatic carbocycles. The summed E-state index contributed by atoms with van der Waals surface area (Å²) in [5.41, 5.74) is 6.98. The van der Waals surface area contributed by atoms with Crippen LogP contribution in [0.3, 0.4) is 0 Å². The van der Waals surface area contributed by atoms with Gasteiger partial charge in [-0.1, -0.05) is 6.07 Å². The Morgan fingerprint density at radius 3 is 2.67 bits per heavy atom. The number of likely N-dealkylation sites (N-methyl/N-ethyl adjacent to an activating group) is 1. The third-order valence-electron chi connectivity index (χ3n) is 2.31. The van der Waals surface area contributed by atoms with Crippen molar-refractivity contribution in [2.24, 2.45) is 0 Å². The Morgan fingerprint density at radius 1 is 1.47 bits per heavy atom. The maximum Gasteiger partial charge on any atom is 0.241 e. The third-order valence-corrected chi connectivity index (χ3v) is 2.31. The molecule has 1 amide bonds. The molecular formula is C11H17N3O. The van der Waals surface area contributed by atoms with Gasteiger partial charge in [-0.05, 0) is 39.2 Å². The molecule has 1 rings (SSSR count). The number of carbonyl (C=O) groups excluding carboxylic acids is 1. The van der Waals surface area contributed by atoms with Crippen LogP contribution in [0.2, 0.25) is 0 Å². The van der Waals surface area contributed by atoms with E-state index in [1.165, 1.54) is 0 Å². The summed E-state index contributed by atoms with van der Waals surface area (Å²) in [7, 11) is 3.73. The normalized spacial score (nSPS) is 12.5. The van der Waals surface area contributed by atoms with Crippen molar-refractivity contribution in [1.29, 1.82) is 0 Å². The molecule has 1 unspecified atom stereocenters. The smallest absolute Gasteiger partial charge is 0.241 e. The van der Waals surface area contributed by atoms with Gasteiger partial charge >= 0.3 is 0 Å². The average molecular weight is 207 g/mol. The Morgan fingerprint density at radius 2 is 2.13 bits per heavy atom. The molecule has 1 aromatic rings. The number of nitrogens with one attached hydrogen (secondary N) is 1. The maximum absolute atomic E-state index is 11.7. The Hall–Kier alpha value is -1.55. The number of nitrogen functional groups attached to an aromatic ring is 1. The molecular weight excluding hydrogens is 190 g/mol. The van der Waals surface area contributed by atoms with Gasteiger partial charge < -0.3 is 11.1 Å². The first-order valence-corrected chi connectivity index (χ1v) is 4.83. The van der Waals surface area contributed by atoms with E-state index in [0.717, 1.165) is 5.69 Å². The predicted octanol–water partition coefficient (Wildman–Crippen LogP) is 1.16. The lowest BCUT2D eigenvalue weighted by molar-refractivity contribution is -0.119. The number of amides is 1. The topological polar surface area (TPSA) is 58.4 Å². The van der Waals surface area contributed by atoms with Crippen molar-refractivity contribution in [3.8, 4) is 0 Å². The molecule has 0 aliphatic heterocycles. The van der Waals surface area contributed by atoms with Gasteiger partial charge in [0.25, 0.3) is 0 Å². The molecule has 82 valence electrons. The molecule has 0 fully saturated rings. The monoisotopic (exact) mass is 207 g/mol. The van der Waals surface area contributed by atoms with Gasteiger partial charge in [-0.2, -0.15) is 0 Å². The van der Waals surface area contributed by atoms with Crippen molar-refractivity contribution in [3.05, 3.63) is 24.3 Å². The van der Waals surface area contributed by atoms with Crippen LogP contribution in [0.1, 0.15) is 6.92 Å². The van der Waals surface area contributed by atoms with E-state index in [1.54, 1.807) is 12.1 Å². The van der Waals surface area contributed by atoms with Crippen LogP contribution in [0.5, 0.6) is 0 Å². The summed E-state index contributed by atoms with van der Waals surface area (Å²) in [4.78, 5) is 13.5. The first-order valence-electron chi connectivity index (χ1n) is 4.83. The Bertz CT molecular complexity index is 349. The van der Waals surface area contributed by atoms with Crippen LogP contribution < -0.4 is 11.1 Å². The summed E-state index contributed by atoms with van der Waals surface area (Å²) in [6, 6.07) is 6.99.